The van der Waals surface area contributed by atoms with E-state index < -0.39 is 21.8 Å². The smallest absolute Gasteiger partial charge is 0.320 e. The van der Waals surface area contributed by atoms with Gasteiger partial charge in [0.15, 0.2) is 9.84 Å². The van der Waals surface area contributed by atoms with Crippen molar-refractivity contribution >= 4 is 34.1 Å². The standard InChI is InChI=1S/C16H28N2O6S.ClH/c1-2-4-14(16(20)21)17-9-15(19)18(10-13-5-3-7-24-13)12-6-8-25(22,23)11-12;/h12-14,17H,2-11H2,1H3,(H,20,21);1H. The van der Waals surface area contributed by atoms with Crippen molar-refractivity contribution in [1.29, 1.82) is 0 Å². The van der Waals surface area contributed by atoms with E-state index in [9.17, 15) is 23.1 Å². The summed E-state index contributed by atoms with van der Waals surface area (Å²) in [7, 11) is -3.11. The molecule has 0 aromatic rings. The van der Waals surface area contributed by atoms with Crippen LogP contribution in [0.25, 0.3) is 0 Å². The first kappa shape index (κ1) is 23.1. The largest absolute Gasteiger partial charge is 0.480 e. The first-order valence-electron chi connectivity index (χ1n) is 8.90. The molecule has 2 aliphatic heterocycles. The second-order valence-electron chi connectivity index (χ2n) is 6.80. The molecule has 0 aromatic heterocycles. The van der Waals surface area contributed by atoms with Crippen LogP contribution in [-0.2, 0) is 24.2 Å². The average Bonchev–Trinajstić information content (AvgIpc) is 3.17. The number of halogens is 1. The third-order valence-corrected chi connectivity index (χ3v) is 6.52. The number of aliphatic carboxylic acids is 1. The van der Waals surface area contributed by atoms with E-state index in [1.807, 2.05) is 6.92 Å². The van der Waals surface area contributed by atoms with Crippen LogP contribution in [0.1, 0.15) is 39.0 Å². The van der Waals surface area contributed by atoms with Crippen LogP contribution in [0.4, 0.5) is 0 Å². The van der Waals surface area contributed by atoms with Gasteiger partial charge in [-0.2, -0.15) is 0 Å². The molecule has 2 rings (SSSR count). The van der Waals surface area contributed by atoms with Crippen molar-refractivity contribution in [3.05, 3.63) is 0 Å². The molecule has 26 heavy (non-hydrogen) atoms. The Labute approximate surface area is 161 Å². The summed E-state index contributed by atoms with van der Waals surface area (Å²) in [6.07, 6.45) is 3.27. The summed E-state index contributed by atoms with van der Waals surface area (Å²) >= 11 is 0. The van der Waals surface area contributed by atoms with Crippen LogP contribution in [-0.4, -0.2) is 79.7 Å². The zero-order valence-electron chi connectivity index (χ0n) is 15.1. The summed E-state index contributed by atoms with van der Waals surface area (Å²) in [5.74, 6) is -1.18. The van der Waals surface area contributed by atoms with E-state index >= 15 is 0 Å². The Morgan fingerprint density at radius 1 is 1.35 bits per heavy atom. The number of carbonyl (C=O) groups is 2. The molecule has 152 valence electrons. The number of sulfone groups is 1. The molecule has 2 heterocycles. The van der Waals surface area contributed by atoms with E-state index in [0.717, 1.165) is 12.8 Å². The predicted octanol–water partition coefficient (Wildman–Crippen LogP) is 0.446. The first-order valence-corrected chi connectivity index (χ1v) is 10.7. The van der Waals surface area contributed by atoms with Crippen molar-refractivity contribution in [3.8, 4) is 0 Å². The Hall–Kier alpha value is -0.900. The summed E-state index contributed by atoms with van der Waals surface area (Å²) in [4.78, 5) is 25.5. The summed E-state index contributed by atoms with van der Waals surface area (Å²) in [5, 5.41) is 12.0. The van der Waals surface area contributed by atoms with Crippen molar-refractivity contribution in [2.24, 2.45) is 0 Å². The number of carboxylic acid groups (broad SMARTS) is 1. The summed E-state index contributed by atoms with van der Waals surface area (Å²) in [5.41, 5.74) is 0. The fraction of sp³-hybridized carbons (Fsp3) is 0.875. The molecule has 0 aliphatic carbocycles. The Morgan fingerprint density at radius 2 is 2.08 bits per heavy atom. The van der Waals surface area contributed by atoms with Crippen molar-refractivity contribution in [2.45, 2.75) is 57.2 Å². The Morgan fingerprint density at radius 3 is 2.58 bits per heavy atom. The summed E-state index contributed by atoms with van der Waals surface area (Å²) in [6, 6.07) is -1.12. The summed E-state index contributed by atoms with van der Waals surface area (Å²) < 4.78 is 29.2. The van der Waals surface area contributed by atoms with Crippen LogP contribution in [0.5, 0.6) is 0 Å². The quantitative estimate of drug-likeness (QED) is 0.565. The maximum absolute atomic E-state index is 12.7. The molecule has 2 saturated heterocycles. The van der Waals surface area contributed by atoms with E-state index in [2.05, 4.69) is 5.32 Å². The SMILES string of the molecule is CCCC(NCC(=O)N(CC1CCCO1)C1CCS(=O)(=O)C1)C(=O)O.Cl. The zero-order valence-corrected chi connectivity index (χ0v) is 16.7. The lowest BCUT2D eigenvalue weighted by molar-refractivity contribution is -0.140. The van der Waals surface area contributed by atoms with Gasteiger partial charge in [-0.1, -0.05) is 13.3 Å². The van der Waals surface area contributed by atoms with Crippen molar-refractivity contribution < 1.29 is 27.9 Å². The molecule has 2 N–H and O–H groups in total. The molecule has 0 saturated carbocycles. The normalized spacial score (nSPS) is 25.4. The minimum Gasteiger partial charge on any atom is -0.480 e. The van der Waals surface area contributed by atoms with Crippen LogP contribution in [0.15, 0.2) is 0 Å². The average molecular weight is 413 g/mol. The third-order valence-electron chi connectivity index (χ3n) is 4.77. The van der Waals surface area contributed by atoms with Gasteiger partial charge in [-0.25, -0.2) is 8.42 Å². The number of carboxylic acids is 1. The number of nitrogens with zero attached hydrogens (tertiary/aromatic N) is 1. The van der Waals surface area contributed by atoms with E-state index in [1.54, 1.807) is 4.90 Å². The van der Waals surface area contributed by atoms with Gasteiger partial charge in [0.2, 0.25) is 5.91 Å². The Bertz CT molecular complexity index is 579. The van der Waals surface area contributed by atoms with Gasteiger partial charge in [-0.15, -0.1) is 12.4 Å². The molecule has 0 radical (unpaired) electrons. The third kappa shape index (κ3) is 6.68. The van der Waals surface area contributed by atoms with E-state index in [0.29, 0.717) is 32.4 Å². The highest BCUT2D eigenvalue weighted by atomic mass is 35.5. The summed E-state index contributed by atoms with van der Waals surface area (Å²) in [6.45, 7) is 2.80. The number of ether oxygens (including phenoxy) is 1. The zero-order chi connectivity index (χ0) is 18.4. The molecule has 1 amide bonds. The Kier molecular flexibility index (Phi) is 9.29. The molecular formula is C16H29ClN2O6S. The lowest BCUT2D eigenvalue weighted by Crippen LogP contribution is -2.50. The lowest BCUT2D eigenvalue weighted by Gasteiger charge is -2.31. The van der Waals surface area contributed by atoms with Gasteiger partial charge in [0.1, 0.15) is 6.04 Å². The fourth-order valence-corrected chi connectivity index (χ4v) is 5.13. The molecular weight excluding hydrogens is 384 g/mol. The molecule has 0 spiro atoms. The number of rotatable bonds is 9. The molecule has 3 unspecified atom stereocenters. The number of hydrogen-bond acceptors (Lipinski definition) is 6. The highest BCUT2D eigenvalue weighted by Gasteiger charge is 2.36. The first-order chi connectivity index (χ1) is 11.8. The van der Waals surface area contributed by atoms with Gasteiger partial charge < -0.3 is 14.7 Å². The molecule has 10 heteroatoms. The van der Waals surface area contributed by atoms with E-state index in [1.165, 1.54) is 0 Å². The van der Waals surface area contributed by atoms with E-state index in [4.69, 9.17) is 4.74 Å². The molecule has 2 aliphatic rings. The molecule has 2 fully saturated rings. The highest BCUT2D eigenvalue weighted by Crippen LogP contribution is 2.21. The van der Waals surface area contributed by atoms with Crippen LogP contribution < -0.4 is 5.32 Å². The molecule has 0 bridgehead atoms. The van der Waals surface area contributed by atoms with Gasteiger partial charge in [0.25, 0.3) is 0 Å². The topological polar surface area (TPSA) is 113 Å². The monoisotopic (exact) mass is 412 g/mol. The second kappa shape index (κ2) is 10.4. The highest BCUT2D eigenvalue weighted by molar-refractivity contribution is 7.91. The van der Waals surface area contributed by atoms with E-state index in [-0.39, 0.29) is 48.5 Å². The maximum Gasteiger partial charge on any atom is 0.320 e. The van der Waals surface area contributed by atoms with Crippen LogP contribution >= 0.6 is 12.4 Å². The van der Waals surface area contributed by atoms with Gasteiger partial charge in [-0.3, -0.25) is 14.9 Å². The minimum absolute atomic E-state index is 0. The lowest BCUT2D eigenvalue weighted by atomic mass is 10.1. The second-order valence-corrected chi connectivity index (χ2v) is 9.03. The number of hydrogen-bond donors (Lipinski definition) is 2. The van der Waals surface area contributed by atoms with Gasteiger partial charge in [0, 0.05) is 19.2 Å². The predicted molar refractivity (Wildman–Crippen MR) is 99.3 cm³/mol. The van der Waals surface area contributed by atoms with Crippen LogP contribution in [0.3, 0.4) is 0 Å². The maximum atomic E-state index is 12.7. The number of nitrogens with one attached hydrogen (secondary N) is 1. The van der Waals surface area contributed by atoms with Gasteiger partial charge in [-0.05, 0) is 25.7 Å². The van der Waals surface area contributed by atoms with Crippen LogP contribution in [0, 0.1) is 0 Å². The van der Waals surface area contributed by atoms with Crippen molar-refractivity contribution in [3.63, 3.8) is 0 Å². The van der Waals surface area contributed by atoms with Gasteiger partial charge >= 0.3 is 5.97 Å². The van der Waals surface area contributed by atoms with Crippen molar-refractivity contribution in [1.82, 2.24) is 10.2 Å². The molecule has 3 atom stereocenters. The van der Waals surface area contributed by atoms with Crippen molar-refractivity contribution in [2.75, 3.05) is 31.2 Å². The van der Waals surface area contributed by atoms with Crippen LogP contribution in [0.2, 0.25) is 0 Å². The number of amides is 1. The number of carbonyl (C=O) groups excluding carboxylic acids is 1. The fourth-order valence-electron chi connectivity index (χ4n) is 3.40. The Balaban J connectivity index is 0.00000338. The molecule has 0 aromatic carbocycles. The molecule has 8 nitrogen and oxygen atoms in total. The van der Waals surface area contributed by atoms with Gasteiger partial charge in [0.05, 0.1) is 24.2 Å². The minimum atomic E-state index is -3.11.